The predicted molar refractivity (Wildman–Crippen MR) is 116 cm³/mol. The summed E-state index contributed by atoms with van der Waals surface area (Å²) in [5.74, 6) is -2.45. The minimum absolute atomic E-state index is 0. The molecule has 0 saturated carbocycles. The molecule has 1 N–H and O–H groups in total. The Morgan fingerprint density at radius 1 is 0.818 bits per heavy atom. The molecule has 0 aliphatic rings. The molecule has 2 atom stereocenters. The number of rotatable bonds is 14. The summed E-state index contributed by atoms with van der Waals surface area (Å²) in [7, 11) is 0. The van der Waals surface area contributed by atoms with Crippen LogP contribution in [0.25, 0.3) is 0 Å². The zero-order chi connectivity index (χ0) is 22.7. The zero-order valence-electron chi connectivity index (χ0n) is 20.2. The molecule has 2 rings (SSSR count). The van der Waals surface area contributed by atoms with Crippen molar-refractivity contribution in [3.8, 4) is 0 Å². The number of hydrogen-bond donors (Lipinski definition) is 1. The largest absolute Gasteiger partial charge is 1.00 e. The van der Waals surface area contributed by atoms with E-state index < -0.39 is 17.5 Å². The fourth-order valence-corrected chi connectivity index (χ4v) is 4.23. The molecule has 0 radical (unpaired) electrons. The molecule has 0 heterocycles. The van der Waals surface area contributed by atoms with E-state index in [1.807, 2.05) is 30.3 Å². The summed E-state index contributed by atoms with van der Waals surface area (Å²) < 4.78 is 0. The number of hydrogen-bond acceptors (Lipinski definition) is 5. The number of aromatic carboxylic acids is 1. The van der Waals surface area contributed by atoms with Crippen LogP contribution in [-0.2, 0) is 10.4 Å². The van der Waals surface area contributed by atoms with Crippen molar-refractivity contribution >= 4 is 11.9 Å². The number of carbonyl (C=O) groups excluding carboxylic acids is 2. The Kier molecular flexibility index (Phi) is 16.5. The van der Waals surface area contributed by atoms with E-state index in [1.165, 1.54) is 12.1 Å². The van der Waals surface area contributed by atoms with E-state index in [2.05, 4.69) is 6.92 Å². The number of carboxylic acid groups (broad SMARTS) is 2. The van der Waals surface area contributed by atoms with Crippen LogP contribution in [0.15, 0.2) is 54.6 Å². The molecule has 0 aliphatic carbocycles. The van der Waals surface area contributed by atoms with Gasteiger partial charge in [0, 0.05) is 5.97 Å². The van der Waals surface area contributed by atoms with Crippen LogP contribution in [-0.4, -0.2) is 17.0 Å². The first-order valence-electron chi connectivity index (χ1n) is 11.2. The number of unbranched alkanes of at least 4 members (excludes halogenated alkanes) is 4. The van der Waals surface area contributed by atoms with Crippen LogP contribution < -0.4 is 69.3 Å². The quantitative estimate of drug-likeness (QED) is 0.237. The molecular formula is C26H32Na2O5. The van der Waals surface area contributed by atoms with Gasteiger partial charge in [-0.1, -0.05) is 93.6 Å². The molecule has 0 aromatic heterocycles. The third kappa shape index (κ3) is 9.85. The van der Waals surface area contributed by atoms with Gasteiger partial charge in [0.15, 0.2) is 0 Å². The molecule has 0 amide bonds. The van der Waals surface area contributed by atoms with Crippen molar-refractivity contribution in [2.24, 2.45) is 5.92 Å². The van der Waals surface area contributed by atoms with E-state index in [0.717, 1.165) is 37.7 Å². The van der Waals surface area contributed by atoms with Gasteiger partial charge in [0.05, 0.1) is 5.97 Å². The molecule has 5 nitrogen and oxygen atoms in total. The molecule has 2 unspecified atom stereocenters. The second-order valence-corrected chi connectivity index (χ2v) is 8.16. The molecule has 33 heavy (non-hydrogen) atoms. The van der Waals surface area contributed by atoms with Gasteiger partial charge < -0.3 is 24.9 Å². The Bertz CT molecular complexity index is 826. The Balaban J connectivity index is 0.00000512. The molecule has 0 aliphatic heterocycles. The Morgan fingerprint density at radius 2 is 1.36 bits per heavy atom. The van der Waals surface area contributed by atoms with Gasteiger partial charge in [-0.05, 0) is 48.3 Å². The molecule has 0 spiro atoms. The molecule has 0 bridgehead atoms. The van der Waals surface area contributed by atoms with E-state index in [-0.39, 0.29) is 77.0 Å². The number of benzene rings is 2. The van der Waals surface area contributed by atoms with Crippen LogP contribution >= 0.6 is 0 Å². The van der Waals surface area contributed by atoms with Gasteiger partial charge in [-0.25, -0.2) is 0 Å². The maximum atomic E-state index is 12.1. The van der Waals surface area contributed by atoms with Crippen molar-refractivity contribution in [3.05, 3.63) is 71.3 Å². The van der Waals surface area contributed by atoms with Gasteiger partial charge in [-0.15, -0.1) is 0 Å². The van der Waals surface area contributed by atoms with Crippen LogP contribution in [0.2, 0.25) is 0 Å². The topological polar surface area (TPSA) is 100 Å². The van der Waals surface area contributed by atoms with Crippen molar-refractivity contribution in [1.29, 1.82) is 0 Å². The van der Waals surface area contributed by atoms with Crippen LogP contribution in [0.1, 0.15) is 86.2 Å². The fourth-order valence-electron chi connectivity index (χ4n) is 4.23. The molecular weight excluding hydrogens is 438 g/mol. The van der Waals surface area contributed by atoms with Crippen molar-refractivity contribution in [2.75, 3.05) is 0 Å². The van der Waals surface area contributed by atoms with Crippen LogP contribution in [0.3, 0.4) is 0 Å². The summed E-state index contributed by atoms with van der Waals surface area (Å²) in [4.78, 5) is 22.0. The van der Waals surface area contributed by atoms with Crippen LogP contribution in [0, 0.1) is 5.92 Å². The minimum atomic E-state index is -1.31. The SMILES string of the molecule is CCCCCCC(CCCCC(=O)[O-])C(O)(c1ccccc1)c1ccc(C(=O)[O-])cc1.[Na+].[Na+]. The summed E-state index contributed by atoms with van der Waals surface area (Å²) in [6, 6.07) is 15.6. The van der Waals surface area contributed by atoms with E-state index >= 15 is 0 Å². The van der Waals surface area contributed by atoms with Gasteiger partial charge >= 0.3 is 59.1 Å². The summed E-state index contributed by atoms with van der Waals surface area (Å²) in [5.41, 5.74) is 0.132. The summed E-state index contributed by atoms with van der Waals surface area (Å²) in [5, 5.41) is 34.1. The number of carboxylic acids is 2. The van der Waals surface area contributed by atoms with Gasteiger partial charge in [-0.2, -0.15) is 0 Å². The number of carbonyl (C=O) groups is 2. The van der Waals surface area contributed by atoms with Crippen molar-refractivity contribution < 1.29 is 84.0 Å². The van der Waals surface area contributed by atoms with Crippen LogP contribution in [0.4, 0.5) is 0 Å². The third-order valence-corrected chi connectivity index (χ3v) is 5.96. The molecule has 0 fully saturated rings. The van der Waals surface area contributed by atoms with Gasteiger partial charge in [0.25, 0.3) is 0 Å². The van der Waals surface area contributed by atoms with E-state index in [0.29, 0.717) is 24.8 Å². The van der Waals surface area contributed by atoms with Gasteiger partial charge in [0.2, 0.25) is 0 Å². The van der Waals surface area contributed by atoms with E-state index in [1.54, 1.807) is 12.1 Å². The molecule has 2 aromatic rings. The van der Waals surface area contributed by atoms with Gasteiger partial charge in [-0.3, -0.25) is 0 Å². The summed E-state index contributed by atoms with van der Waals surface area (Å²) >= 11 is 0. The van der Waals surface area contributed by atoms with Crippen LogP contribution in [0.5, 0.6) is 0 Å². The van der Waals surface area contributed by atoms with Crippen molar-refractivity contribution in [3.63, 3.8) is 0 Å². The Morgan fingerprint density at radius 3 is 1.88 bits per heavy atom. The average Bonchev–Trinajstić information content (AvgIpc) is 2.78. The maximum absolute atomic E-state index is 12.1. The van der Waals surface area contributed by atoms with E-state index in [9.17, 15) is 24.9 Å². The fraction of sp³-hybridized carbons (Fsp3) is 0.462. The maximum Gasteiger partial charge on any atom is 1.00 e. The molecule has 0 saturated heterocycles. The van der Waals surface area contributed by atoms with Crippen molar-refractivity contribution in [1.82, 2.24) is 0 Å². The summed E-state index contributed by atoms with van der Waals surface area (Å²) in [6.07, 6.45) is 6.90. The number of aliphatic hydroxyl groups is 1. The second-order valence-electron chi connectivity index (χ2n) is 8.16. The monoisotopic (exact) mass is 470 g/mol. The molecule has 7 heteroatoms. The summed E-state index contributed by atoms with van der Waals surface area (Å²) in [6.45, 7) is 2.15. The number of aliphatic carboxylic acids is 1. The molecule has 2 aromatic carbocycles. The average molecular weight is 471 g/mol. The second kappa shape index (κ2) is 16.9. The first-order chi connectivity index (χ1) is 14.9. The molecule has 168 valence electrons. The Hall–Kier alpha value is -0.660. The smallest absolute Gasteiger partial charge is 0.550 e. The van der Waals surface area contributed by atoms with Crippen molar-refractivity contribution in [2.45, 2.75) is 70.3 Å². The van der Waals surface area contributed by atoms with Gasteiger partial charge in [0.1, 0.15) is 5.60 Å². The first kappa shape index (κ1) is 32.3. The normalized spacial score (nSPS) is 13.2. The standard InChI is InChI=1S/C26H34O5.2Na/c1-2-3-4-6-11-22(14-9-10-15-24(27)28)26(31,21-12-7-5-8-13-21)23-18-16-20(17-19-23)25(29)30;;/h5,7-8,12-13,16-19,22,31H,2-4,6,9-11,14-15H2,1H3,(H,27,28)(H,29,30);;/q;2*+1/p-2. The van der Waals surface area contributed by atoms with E-state index in [4.69, 9.17) is 0 Å². The predicted octanol–water partition coefficient (Wildman–Crippen LogP) is -2.81. The minimum Gasteiger partial charge on any atom is -0.550 e. The first-order valence-corrected chi connectivity index (χ1v) is 11.2. The Labute approximate surface area is 241 Å². The third-order valence-electron chi connectivity index (χ3n) is 5.96. The zero-order valence-corrected chi connectivity index (χ0v) is 24.2.